The van der Waals surface area contributed by atoms with Crippen molar-refractivity contribution in [1.29, 1.82) is 0 Å². The van der Waals surface area contributed by atoms with E-state index in [-0.39, 0.29) is 28.6 Å². The van der Waals surface area contributed by atoms with E-state index in [0.29, 0.717) is 19.4 Å². The summed E-state index contributed by atoms with van der Waals surface area (Å²) in [4.78, 5) is 13.9. The molecule has 2 fully saturated rings. The van der Waals surface area contributed by atoms with Gasteiger partial charge in [0.15, 0.2) is 21.5 Å². The number of piperidine rings is 1. The molecule has 0 bridgehead atoms. The number of nitrogens with one attached hydrogen (secondary N) is 1. The highest BCUT2D eigenvalue weighted by atomic mass is 35.5. The fourth-order valence-corrected chi connectivity index (χ4v) is 6.06. The van der Waals surface area contributed by atoms with Crippen LogP contribution >= 0.6 is 11.6 Å². The Morgan fingerprint density at radius 2 is 2.08 bits per heavy atom. The molecule has 3 rings (SSSR count). The molecule has 0 aliphatic carbocycles. The zero-order valence-electron chi connectivity index (χ0n) is 13.7. The van der Waals surface area contributed by atoms with Crippen LogP contribution in [-0.4, -0.2) is 43.9 Å². The Morgan fingerprint density at radius 3 is 2.72 bits per heavy atom. The molecule has 9 heteroatoms. The molecule has 2 amide bonds. The van der Waals surface area contributed by atoms with Crippen molar-refractivity contribution in [2.45, 2.75) is 26.2 Å². The van der Waals surface area contributed by atoms with Crippen LogP contribution in [0.2, 0.25) is 5.02 Å². The van der Waals surface area contributed by atoms with Gasteiger partial charge in [-0.2, -0.15) is 0 Å². The quantitative estimate of drug-likeness (QED) is 0.796. The summed E-state index contributed by atoms with van der Waals surface area (Å²) >= 11 is 5.73. The highest BCUT2D eigenvalue weighted by Crippen LogP contribution is 2.40. The summed E-state index contributed by atoms with van der Waals surface area (Å²) in [5, 5.41) is 2.22. The van der Waals surface area contributed by atoms with Gasteiger partial charge in [0.05, 0.1) is 11.5 Å². The Hall–Kier alpha value is -1.41. The van der Waals surface area contributed by atoms with Gasteiger partial charge in [0, 0.05) is 29.1 Å². The van der Waals surface area contributed by atoms with Crippen LogP contribution in [0.5, 0.6) is 0 Å². The molecule has 0 saturated carbocycles. The fraction of sp³-hybridized carbons (Fsp3) is 0.562. The summed E-state index contributed by atoms with van der Waals surface area (Å²) in [6.07, 6.45) is 1.91. The maximum atomic E-state index is 14.2. The van der Waals surface area contributed by atoms with Gasteiger partial charge in [0.2, 0.25) is 0 Å². The number of anilines is 1. The number of hydrogen-bond donors (Lipinski definition) is 1. The number of amides is 2. The van der Waals surface area contributed by atoms with E-state index in [4.69, 9.17) is 11.6 Å². The molecule has 1 unspecified atom stereocenters. The van der Waals surface area contributed by atoms with Gasteiger partial charge in [0.1, 0.15) is 5.69 Å². The minimum atomic E-state index is -3.08. The van der Waals surface area contributed by atoms with Crippen molar-refractivity contribution in [2.24, 2.45) is 5.41 Å². The second-order valence-electron chi connectivity index (χ2n) is 6.95. The van der Waals surface area contributed by atoms with E-state index in [9.17, 15) is 22.0 Å². The topological polar surface area (TPSA) is 66.5 Å². The minimum Gasteiger partial charge on any atom is -0.324 e. The van der Waals surface area contributed by atoms with Crippen LogP contribution in [0.3, 0.4) is 0 Å². The molecular formula is C16H19ClF2N2O3S. The number of urea groups is 1. The van der Waals surface area contributed by atoms with Gasteiger partial charge in [-0.15, -0.1) is 0 Å². The summed E-state index contributed by atoms with van der Waals surface area (Å²) < 4.78 is 51.8. The van der Waals surface area contributed by atoms with E-state index >= 15 is 0 Å². The van der Waals surface area contributed by atoms with Crippen molar-refractivity contribution in [3.8, 4) is 0 Å². The molecule has 5 nitrogen and oxygen atoms in total. The summed E-state index contributed by atoms with van der Waals surface area (Å²) in [6, 6.07) is 0.319. The first-order valence-corrected chi connectivity index (χ1v) is 10.2. The standard InChI is InChI=1S/C16H19ClF2N2O3S/c1-10-11(17)7-12(18)14(13(10)19)20-15(22)21-5-2-3-16(8-21)4-6-25(23,24)9-16/h7H,2-6,8-9H2,1H3,(H,20,22). The molecule has 138 valence electrons. The number of likely N-dealkylation sites (tertiary alicyclic amines) is 1. The molecule has 0 radical (unpaired) electrons. The largest absolute Gasteiger partial charge is 0.324 e. The van der Waals surface area contributed by atoms with E-state index in [1.54, 1.807) is 0 Å². The molecule has 25 heavy (non-hydrogen) atoms. The molecule has 2 heterocycles. The number of hydrogen-bond acceptors (Lipinski definition) is 3. The van der Waals surface area contributed by atoms with Crippen molar-refractivity contribution >= 4 is 33.2 Å². The normalized spacial score (nSPS) is 25.4. The third kappa shape index (κ3) is 3.60. The maximum absolute atomic E-state index is 14.2. The summed E-state index contributed by atoms with van der Waals surface area (Å²) in [5.74, 6) is -1.67. The smallest absolute Gasteiger partial charge is 0.322 e. The second-order valence-corrected chi connectivity index (χ2v) is 9.54. The molecular weight excluding hydrogens is 374 g/mol. The summed E-state index contributed by atoms with van der Waals surface area (Å²) in [6.45, 7) is 2.09. The molecule has 2 aliphatic rings. The van der Waals surface area contributed by atoms with Crippen LogP contribution < -0.4 is 5.32 Å². The average Bonchev–Trinajstić information content (AvgIpc) is 2.83. The third-order valence-corrected chi connectivity index (χ3v) is 7.32. The molecule has 2 saturated heterocycles. The molecule has 1 atom stereocenters. The Labute approximate surface area is 150 Å². The van der Waals surface area contributed by atoms with Gasteiger partial charge in [-0.25, -0.2) is 22.0 Å². The van der Waals surface area contributed by atoms with Crippen molar-refractivity contribution in [3.63, 3.8) is 0 Å². The lowest BCUT2D eigenvalue weighted by Crippen LogP contribution is -2.48. The lowest BCUT2D eigenvalue weighted by Gasteiger charge is -2.39. The van der Waals surface area contributed by atoms with E-state index in [1.165, 1.54) is 11.8 Å². The number of rotatable bonds is 1. The van der Waals surface area contributed by atoms with Crippen LogP contribution in [0.1, 0.15) is 24.8 Å². The number of benzene rings is 1. The highest BCUT2D eigenvalue weighted by Gasteiger charge is 2.45. The Morgan fingerprint density at radius 1 is 1.36 bits per heavy atom. The zero-order valence-corrected chi connectivity index (χ0v) is 15.3. The summed E-state index contributed by atoms with van der Waals surface area (Å²) in [5.41, 5.74) is -0.928. The number of nitrogens with zero attached hydrogens (tertiary/aromatic N) is 1. The lowest BCUT2D eigenvalue weighted by molar-refractivity contribution is 0.129. The highest BCUT2D eigenvalue weighted by molar-refractivity contribution is 7.91. The molecule has 0 aromatic heterocycles. The lowest BCUT2D eigenvalue weighted by atomic mass is 9.80. The van der Waals surface area contributed by atoms with Crippen molar-refractivity contribution in [3.05, 3.63) is 28.3 Å². The van der Waals surface area contributed by atoms with Crippen LogP contribution in [0.4, 0.5) is 19.3 Å². The maximum Gasteiger partial charge on any atom is 0.322 e. The third-order valence-electron chi connectivity index (χ3n) is 5.05. The summed E-state index contributed by atoms with van der Waals surface area (Å²) in [7, 11) is -3.08. The first-order chi connectivity index (χ1) is 11.6. The first-order valence-electron chi connectivity index (χ1n) is 8.03. The Balaban J connectivity index is 1.77. The number of halogens is 3. The molecule has 1 aromatic carbocycles. The second kappa shape index (κ2) is 6.39. The van der Waals surface area contributed by atoms with Crippen molar-refractivity contribution < 1.29 is 22.0 Å². The van der Waals surface area contributed by atoms with Gasteiger partial charge < -0.3 is 10.2 Å². The van der Waals surface area contributed by atoms with Gasteiger partial charge in [-0.3, -0.25) is 0 Å². The SMILES string of the molecule is Cc1c(Cl)cc(F)c(NC(=O)N2CCCC3(CCS(=O)(=O)C3)C2)c1F. The fourth-order valence-electron chi connectivity index (χ4n) is 3.68. The van der Waals surface area contributed by atoms with E-state index in [1.807, 2.05) is 0 Å². The number of sulfone groups is 1. The van der Waals surface area contributed by atoms with E-state index in [0.717, 1.165) is 12.5 Å². The van der Waals surface area contributed by atoms with Crippen molar-refractivity contribution in [1.82, 2.24) is 4.90 Å². The number of carbonyl (C=O) groups is 1. The van der Waals surface area contributed by atoms with Gasteiger partial charge in [-0.1, -0.05) is 11.6 Å². The predicted molar refractivity (Wildman–Crippen MR) is 91.6 cm³/mol. The van der Waals surface area contributed by atoms with Crippen LogP contribution in [0.25, 0.3) is 0 Å². The molecule has 1 N–H and O–H groups in total. The molecule has 2 aliphatic heterocycles. The number of carbonyl (C=O) groups excluding carboxylic acids is 1. The van der Waals surface area contributed by atoms with Crippen LogP contribution in [-0.2, 0) is 9.84 Å². The minimum absolute atomic E-state index is 0.0513. The zero-order chi connectivity index (χ0) is 18.4. The van der Waals surface area contributed by atoms with Crippen molar-refractivity contribution in [2.75, 3.05) is 29.9 Å². The Bertz CT molecular complexity index is 831. The van der Waals surface area contributed by atoms with Crippen LogP contribution in [0.15, 0.2) is 6.07 Å². The van der Waals surface area contributed by atoms with E-state index < -0.39 is 38.6 Å². The van der Waals surface area contributed by atoms with Gasteiger partial charge in [-0.05, 0) is 32.3 Å². The van der Waals surface area contributed by atoms with Gasteiger partial charge >= 0.3 is 6.03 Å². The van der Waals surface area contributed by atoms with E-state index in [2.05, 4.69) is 5.32 Å². The van der Waals surface area contributed by atoms with Gasteiger partial charge in [0.25, 0.3) is 0 Å². The molecule has 1 aromatic rings. The predicted octanol–water partition coefficient (Wildman–Crippen LogP) is 3.36. The monoisotopic (exact) mass is 392 g/mol. The molecule has 1 spiro atoms. The first kappa shape index (κ1) is 18.4. The Kier molecular flexibility index (Phi) is 4.70. The average molecular weight is 393 g/mol. The van der Waals surface area contributed by atoms with Crippen LogP contribution in [0, 0.1) is 24.0 Å².